The fourth-order valence-electron chi connectivity index (χ4n) is 7.48. The summed E-state index contributed by atoms with van der Waals surface area (Å²) in [6.07, 6.45) is 8.65. The zero-order chi connectivity index (χ0) is 23.2. The van der Waals surface area contributed by atoms with E-state index in [1.54, 1.807) is 12.1 Å². The van der Waals surface area contributed by atoms with Crippen LogP contribution in [0.15, 0.2) is 23.1 Å². The van der Waals surface area contributed by atoms with Gasteiger partial charge in [0.2, 0.25) is 10.0 Å². The number of carbonyl (C=O) groups excluding carboxylic acids is 1. The maximum Gasteiger partial charge on any atom is 0.251 e. The Kier molecular flexibility index (Phi) is 6.20. The van der Waals surface area contributed by atoms with Gasteiger partial charge in [0.1, 0.15) is 10.6 Å². The van der Waals surface area contributed by atoms with Gasteiger partial charge in [0, 0.05) is 24.7 Å². The number of ether oxygens (including phenoxy) is 2. The van der Waals surface area contributed by atoms with Crippen LogP contribution in [0.25, 0.3) is 0 Å². The molecule has 5 aliphatic rings. The molecule has 33 heavy (non-hydrogen) atoms. The molecular formula is C25H36N2O5S. The molecule has 6 rings (SSSR count). The van der Waals surface area contributed by atoms with Gasteiger partial charge in [-0.1, -0.05) is 6.92 Å². The maximum atomic E-state index is 13.4. The Hall–Kier alpha value is -1.64. The number of morpholine rings is 1. The van der Waals surface area contributed by atoms with E-state index in [9.17, 15) is 13.2 Å². The Morgan fingerprint density at radius 2 is 1.76 bits per heavy atom. The molecule has 1 atom stereocenters. The van der Waals surface area contributed by atoms with Crippen LogP contribution in [0.2, 0.25) is 0 Å². The molecule has 7 nitrogen and oxygen atoms in total. The van der Waals surface area contributed by atoms with Crippen LogP contribution in [0, 0.1) is 23.2 Å². The van der Waals surface area contributed by atoms with Crippen molar-refractivity contribution in [1.82, 2.24) is 9.62 Å². The van der Waals surface area contributed by atoms with E-state index >= 15 is 0 Å². The summed E-state index contributed by atoms with van der Waals surface area (Å²) in [6, 6.07) is 4.86. The minimum absolute atomic E-state index is 0.0439. The second-order valence-electron chi connectivity index (χ2n) is 10.6. The zero-order valence-corrected chi connectivity index (χ0v) is 20.5. The van der Waals surface area contributed by atoms with Crippen molar-refractivity contribution in [3.63, 3.8) is 0 Å². The van der Waals surface area contributed by atoms with Crippen molar-refractivity contribution in [2.45, 2.75) is 62.8 Å². The molecule has 182 valence electrons. The average molecular weight is 477 g/mol. The number of hydrogen-bond acceptors (Lipinski definition) is 5. The number of methoxy groups -OCH3 is 1. The SMILES string of the molecule is CCC(NC(=O)c1ccc(OC)c(S(=O)(=O)N2CCOCC2)c1)C12CC3CC(CC(C3)C1)C2. The number of sulfonamides is 1. The minimum atomic E-state index is -3.78. The molecule has 0 radical (unpaired) electrons. The molecule has 0 aromatic heterocycles. The van der Waals surface area contributed by atoms with Gasteiger partial charge in [-0.2, -0.15) is 4.31 Å². The Balaban J connectivity index is 1.39. The van der Waals surface area contributed by atoms with Gasteiger partial charge in [0.25, 0.3) is 5.91 Å². The summed E-state index contributed by atoms with van der Waals surface area (Å²) in [7, 11) is -2.33. The van der Waals surface area contributed by atoms with E-state index in [1.165, 1.54) is 56.0 Å². The summed E-state index contributed by atoms with van der Waals surface area (Å²) in [4.78, 5) is 13.4. The Labute approximate surface area is 197 Å². The summed E-state index contributed by atoms with van der Waals surface area (Å²) in [5.74, 6) is 2.50. The number of rotatable bonds is 7. The van der Waals surface area contributed by atoms with E-state index in [4.69, 9.17) is 9.47 Å². The third-order valence-electron chi connectivity index (χ3n) is 8.55. The van der Waals surface area contributed by atoms with Crippen molar-refractivity contribution in [3.05, 3.63) is 23.8 Å². The highest BCUT2D eigenvalue weighted by Crippen LogP contribution is 2.61. The van der Waals surface area contributed by atoms with Crippen LogP contribution in [0.1, 0.15) is 62.2 Å². The lowest BCUT2D eigenvalue weighted by molar-refractivity contribution is -0.0727. The van der Waals surface area contributed by atoms with Crippen LogP contribution in [-0.2, 0) is 14.8 Å². The third-order valence-corrected chi connectivity index (χ3v) is 10.5. The molecule has 4 aliphatic carbocycles. The van der Waals surface area contributed by atoms with Gasteiger partial charge in [0.15, 0.2) is 0 Å². The number of nitrogens with one attached hydrogen (secondary N) is 1. The van der Waals surface area contributed by atoms with Gasteiger partial charge in [-0.25, -0.2) is 8.42 Å². The monoisotopic (exact) mass is 476 g/mol. The van der Waals surface area contributed by atoms with Crippen molar-refractivity contribution in [2.24, 2.45) is 23.2 Å². The Morgan fingerprint density at radius 3 is 2.30 bits per heavy atom. The quantitative estimate of drug-likeness (QED) is 0.652. The largest absolute Gasteiger partial charge is 0.495 e. The maximum absolute atomic E-state index is 13.4. The molecule has 1 N–H and O–H groups in total. The summed E-state index contributed by atoms with van der Waals surface area (Å²) in [5, 5.41) is 3.33. The normalized spacial score (nSPS) is 32.5. The van der Waals surface area contributed by atoms with E-state index in [0.717, 1.165) is 24.2 Å². The third kappa shape index (κ3) is 4.19. The van der Waals surface area contributed by atoms with Crippen molar-refractivity contribution >= 4 is 15.9 Å². The number of benzene rings is 1. The van der Waals surface area contributed by atoms with Crippen LogP contribution in [0.5, 0.6) is 5.75 Å². The fraction of sp³-hybridized carbons (Fsp3) is 0.720. The van der Waals surface area contributed by atoms with Gasteiger partial charge in [-0.15, -0.1) is 0 Å². The smallest absolute Gasteiger partial charge is 0.251 e. The highest BCUT2D eigenvalue weighted by molar-refractivity contribution is 7.89. The highest BCUT2D eigenvalue weighted by Gasteiger charge is 2.54. The summed E-state index contributed by atoms with van der Waals surface area (Å²) in [6.45, 7) is 3.49. The molecule has 1 aromatic rings. The Morgan fingerprint density at radius 1 is 1.15 bits per heavy atom. The molecule has 1 amide bonds. The van der Waals surface area contributed by atoms with Crippen LogP contribution in [0.4, 0.5) is 0 Å². The summed E-state index contributed by atoms with van der Waals surface area (Å²) >= 11 is 0. The molecule has 0 spiro atoms. The first-order chi connectivity index (χ1) is 15.8. The van der Waals surface area contributed by atoms with E-state index < -0.39 is 10.0 Å². The molecule has 8 heteroatoms. The van der Waals surface area contributed by atoms with Crippen molar-refractivity contribution in [1.29, 1.82) is 0 Å². The van der Waals surface area contributed by atoms with Gasteiger partial charge in [0.05, 0.1) is 20.3 Å². The predicted molar refractivity (Wildman–Crippen MR) is 125 cm³/mol. The van der Waals surface area contributed by atoms with E-state index in [1.807, 2.05) is 0 Å². The van der Waals surface area contributed by atoms with Gasteiger partial charge >= 0.3 is 0 Å². The topological polar surface area (TPSA) is 84.9 Å². The molecule has 1 saturated heterocycles. The first-order valence-corrected chi connectivity index (χ1v) is 13.9. The number of nitrogens with zero attached hydrogens (tertiary/aromatic N) is 1. The van der Waals surface area contributed by atoms with Crippen molar-refractivity contribution < 1.29 is 22.7 Å². The molecule has 1 aromatic carbocycles. The van der Waals surface area contributed by atoms with Crippen LogP contribution < -0.4 is 10.1 Å². The van der Waals surface area contributed by atoms with Gasteiger partial charge < -0.3 is 14.8 Å². The van der Waals surface area contributed by atoms with Crippen LogP contribution in [-0.4, -0.2) is 58.1 Å². The number of hydrogen-bond donors (Lipinski definition) is 1. The lowest BCUT2D eigenvalue weighted by atomic mass is 9.47. The second kappa shape index (κ2) is 8.86. The fourth-order valence-corrected chi connectivity index (χ4v) is 9.07. The molecule has 5 fully saturated rings. The predicted octanol–water partition coefficient (Wildman–Crippen LogP) is 3.44. The highest BCUT2D eigenvalue weighted by atomic mass is 32.2. The van der Waals surface area contributed by atoms with E-state index in [0.29, 0.717) is 31.9 Å². The van der Waals surface area contributed by atoms with E-state index in [2.05, 4.69) is 12.2 Å². The standard InChI is InChI=1S/C25H36N2O5S/c1-3-23(25-14-17-10-18(15-25)12-19(11-17)16-25)26-24(28)20-4-5-21(31-2)22(13-20)33(29,30)27-6-8-32-9-7-27/h4-5,13,17-19,23H,3,6-12,14-16H2,1-2H3,(H,26,28). The zero-order valence-electron chi connectivity index (χ0n) is 19.7. The van der Waals surface area contributed by atoms with Crippen LogP contribution >= 0.6 is 0 Å². The van der Waals surface area contributed by atoms with E-state index in [-0.39, 0.29) is 28.0 Å². The Bertz CT molecular complexity index is 967. The molecule has 1 aliphatic heterocycles. The minimum Gasteiger partial charge on any atom is -0.495 e. The first kappa shape index (κ1) is 23.1. The average Bonchev–Trinajstić information content (AvgIpc) is 2.81. The molecule has 1 heterocycles. The molecule has 1 unspecified atom stereocenters. The van der Waals surface area contributed by atoms with Gasteiger partial charge in [-0.3, -0.25) is 4.79 Å². The van der Waals surface area contributed by atoms with Crippen molar-refractivity contribution in [2.75, 3.05) is 33.4 Å². The van der Waals surface area contributed by atoms with Gasteiger partial charge in [-0.05, 0) is 86.3 Å². The first-order valence-electron chi connectivity index (χ1n) is 12.4. The van der Waals surface area contributed by atoms with Crippen molar-refractivity contribution in [3.8, 4) is 5.75 Å². The molecule has 4 bridgehead atoms. The van der Waals surface area contributed by atoms with Crippen LogP contribution in [0.3, 0.4) is 0 Å². The second-order valence-corrected chi connectivity index (χ2v) is 12.5. The lowest BCUT2D eigenvalue weighted by Gasteiger charge is -2.59. The lowest BCUT2D eigenvalue weighted by Crippen LogP contribution is -2.56. The summed E-state index contributed by atoms with van der Waals surface area (Å²) in [5.41, 5.74) is 0.569. The summed E-state index contributed by atoms with van der Waals surface area (Å²) < 4.78 is 38.7. The molecule has 4 saturated carbocycles. The number of amides is 1. The number of carbonyl (C=O) groups is 1. The molecular weight excluding hydrogens is 440 g/mol.